The molecule has 0 unspecified atom stereocenters. The van der Waals surface area contributed by atoms with Crippen LogP contribution in [0, 0.1) is 5.41 Å². The van der Waals surface area contributed by atoms with Crippen molar-refractivity contribution in [2.75, 3.05) is 13.2 Å². The van der Waals surface area contributed by atoms with Crippen molar-refractivity contribution in [2.45, 2.75) is 13.8 Å². The summed E-state index contributed by atoms with van der Waals surface area (Å²) in [5.74, 6) is 0. The summed E-state index contributed by atoms with van der Waals surface area (Å²) < 4.78 is 23.6. The van der Waals surface area contributed by atoms with Crippen molar-refractivity contribution in [2.24, 2.45) is 5.41 Å². The Morgan fingerprint density at radius 2 is 1.83 bits per heavy atom. The van der Waals surface area contributed by atoms with Gasteiger partial charge in [-0.3, -0.25) is 9.05 Å². The Kier molecular flexibility index (Phi) is 4.29. The molecule has 1 aliphatic rings. The molecule has 18 heavy (non-hydrogen) atoms. The Morgan fingerprint density at radius 1 is 1.28 bits per heavy atom. The fourth-order valence-corrected chi connectivity index (χ4v) is 5.52. The minimum atomic E-state index is -3.14. The first-order chi connectivity index (χ1) is 8.40. The van der Waals surface area contributed by atoms with Crippen LogP contribution in [-0.2, 0) is 13.6 Å². The van der Waals surface area contributed by atoms with Crippen LogP contribution in [0.1, 0.15) is 19.4 Å². The van der Waals surface area contributed by atoms with Crippen molar-refractivity contribution >= 4 is 34.6 Å². The van der Waals surface area contributed by atoms with Gasteiger partial charge in [0.2, 0.25) is 0 Å². The van der Waals surface area contributed by atoms with Crippen LogP contribution in [0.2, 0.25) is 0 Å². The number of benzene rings is 1. The number of thiocarbonyl (C=S) groups is 1. The van der Waals surface area contributed by atoms with Crippen LogP contribution < -0.4 is 0 Å². The summed E-state index contributed by atoms with van der Waals surface area (Å²) in [5.41, 5.74) is 0.771. The highest BCUT2D eigenvalue weighted by atomic mass is 32.7. The van der Waals surface area contributed by atoms with Crippen molar-refractivity contribution in [3.63, 3.8) is 0 Å². The molecule has 3 nitrogen and oxygen atoms in total. The van der Waals surface area contributed by atoms with Gasteiger partial charge in [0.15, 0.2) is 0 Å². The second kappa shape index (κ2) is 5.43. The summed E-state index contributed by atoms with van der Waals surface area (Å²) in [6, 6.07) is 9.47. The largest absolute Gasteiger partial charge is 0.394 e. The van der Waals surface area contributed by atoms with Crippen LogP contribution in [0.4, 0.5) is 0 Å². The van der Waals surface area contributed by atoms with E-state index in [0.29, 0.717) is 17.4 Å². The topological polar surface area (TPSA) is 35.5 Å². The zero-order chi connectivity index (χ0) is 13.2. The molecular weight excluding hydrogens is 287 g/mol. The van der Waals surface area contributed by atoms with E-state index in [1.165, 1.54) is 0 Å². The van der Waals surface area contributed by atoms with Gasteiger partial charge in [-0.15, -0.1) is 0 Å². The summed E-state index contributed by atoms with van der Waals surface area (Å²) >= 11 is 6.28. The summed E-state index contributed by atoms with van der Waals surface area (Å²) in [6.45, 7) is 1.73. The third kappa shape index (κ3) is 3.65. The van der Waals surface area contributed by atoms with E-state index in [2.05, 4.69) is 0 Å². The molecule has 1 fully saturated rings. The molecular formula is C12H15O3PS2. The van der Waals surface area contributed by atoms with E-state index in [0.717, 1.165) is 16.9 Å². The lowest BCUT2D eigenvalue weighted by Crippen LogP contribution is -2.28. The van der Waals surface area contributed by atoms with Gasteiger partial charge in [-0.05, 0) is 5.56 Å². The number of hydrogen-bond acceptors (Lipinski definition) is 5. The summed E-state index contributed by atoms with van der Waals surface area (Å²) in [4.78, 5) is 0. The highest BCUT2D eigenvalue weighted by Gasteiger charge is 2.38. The summed E-state index contributed by atoms with van der Waals surface area (Å²) in [6.07, 6.45) is 0. The lowest BCUT2D eigenvalue weighted by atomic mass is 9.97. The molecule has 6 heteroatoms. The Balaban J connectivity index is 2.02. The van der Waals surface area contributed by atoms with Gasteiger partial charge in [-0.2, -0.15) is 0 Å². The average molecular weight is 302 g/mol. The molecule has 1 aromatic rings. The second-order valence-electron chi connectivity index (χ2n) is 4.90. The molecule has 0 aromatic heterocycles. The molecule has 0 bridgehead atoms. The van der Waals surface area contributed by atoms with Crippen molar-refractivity contribution in [1.82, 2.24) is 0 Å². The van der Waals surface area contributed by atoms with E-state index in [-0.39, 0.29) is 5.41 Å². The molecule has 1 aliphatic heterocycles. The molecule has 1 saturated heterocycles. The monoisotopic (exact) mass is 302 g/mol. The molecule has 1 aromatic carbocycles. The minimum absolute atomic E-state index is 0.0944. The third-order valence-corrected chi connectivity index (χ3v) is 6.65. The highest BCUT2D eigenvalue weighted by molar-refractivity contribution is 8.65. The first-order valence-corrected chi connectivity index (χ1v) is 8.96. The zero-order valence-corrected chi connectivity index (χ0v) is 12.8. The molecule has 2 rings (SSSR count). The Morgan fingerprint density at radius 3 is 2.39 bits per heavy atom. The molecule has 1 heterocycles. The molecule has 0 spiro atoms. The smallest absolute Gasteiger partial charge is 0.300 e. The number of hydrogen-bond donors (Lipinski definition) is 0. The van der Waals surface area contributed by atoms with Gasteiger partial charge in [-0.1, -0.05) is 56.4 Å². The SMILES string of the molecule is CC1(C)COP(=O)(SC(=S)c2ccccc2)OC1. The van der Waals surface area contributed by atoms with Crippen molar-refractivity contribution in [1.29, 1.82) is 0 Å². The molecule has 0 N–H and O–H groups in total. The quantitative estimate of drug-likeness (QED) is 0.602. The van der Waals surface area contributed by atoms with Gasteiger partial charge >= 0.3 is 6.80 Å². The summed E-state index contributed by atoms with van der Waals surface area (Å²) in [5, 5.41) is 0. The first kappa shape index (κ1) is 14.2. The van der Waals surface area contributed by atoms with E-state index in [1.807, 2.05) is 44.2 Å². The van der Waals surface area contributed by atoms with Gasteiger partial charge in [-0.25, -0.2) is 4.57 Å². The fourth-order valence-electron chi connectivity index (χ4n) is 1.37. The molecule has 0 saturated carbocycles. The van der Waals surface area contributed by atoms with Gasteiger partial charge < -0.3 is 0 Å². The van der Waals surface area contributed by atoms with Crippen LogP contribution in [0.25, 0.3) is 0 Å². The van der Waals surface area contributed by atoms with E-state index in [1.54, 1.807) is 0 Å². The lowest BCUT2D eigenvalue weighted by molar-refractivity contribution is 0.0502. The Labute approximate surface area is 117 Å². The molecule has 0 aliphatic carbocycles. The fraction of sp³-hybridized carbons (Fsp3) is 0.417. The van der Waals surface area contributed by atoms with E-state index in [4.69, 9.17) is 21.3 Å². The predicted molar refractivity (Wildman–Crippen MR) is 79.0 cm³/mol. The van der Waals surface area contributed by atoms with Gasteiger partial charge in [0.25, 0.3) is 0 Å². The average Bonchev–Trinajstić information content (AvgIpc) is 2.35. The van der Waals surface area contributed by atoms with E-state index in [9.17, 15) is 4.57 Å². The maximum atomic E-state index is 12.3. The highest BCUT2D eigenvalue weighted by Crippen LogP contribution is 2.64. The zero-order valence-electron chi connectivity index (χ0n) is 10.3. The van der Waals surface area contributed by atoms with E-state index < -0.39 is 6.80 Å². The maximum absolute atomic E-state index is 12.3. The minimum Gasteiger partial charge on any atom is -0.300 e. The normalized spacial score (nSPS) is 21.4. The first-order valence-electron chi connectivity index (χ1n) is 5.58. The van der Waals surface area contributed by atoms with E-state index >= 15 is 0 Å². The van der Waals surface area contributed by atoms with Crippen LogP contribution >= 0.6 is 30.4 Å². The Bertz CT molecular complexity index is 473. The van der Waals surface area contributed by atoms with Crippen molar-refractivity contribution in [3.05, 3.63) is 35.9 Å². The van der Waals surface area contributed by atoms with Crippen LogP contribution in [0.3, 0.4) is 0 Å². The predicted octanol–water partition coefficient (Wildman–Crippen LogP) is 4.28. The van der Waals surface area contributed by atoms with Gasteiger partial charge in [0, 0.05) is 16.8 Å². The standard InChI is InChI=1S/C12H15O3PS2/c1-12(2)8-14-16(13,15-9-12)18-11(17)10-6-4-3-5-7-10/h3-7H,8-9H2,1-2H3. The molecule has 0 atom stereocenters. The van der Waals surface area contributed by atoms with Crippen molar-refractivity contribution < 1.29 is 13.6 Å². The maximum Gasteiger partial charge on any atom is 0.394 e. The Hall–Kier alpha value is -0.190. The lowest BCUT2D eigenvalue weighted by Gasteiger charge is -2.33. The second-order valence-corrected chi connectivity index (χ2v) is 9.46. The third-order valence-electron chi connectivity index (χ3n) is 2.43. The van der Waals surface area contributed by atoms with Crippen LogP contribution in [-0.4, -0.2) is 17.4 Å². The summed E-state index contributed by atoms with van der Waals surface area (Å²) in [7, 11) is 0. The molecule has 98 valence electrons. The number of rotatable bonds is 2. The van der Waals surface area contributed by atoms with Crippen LogP contribution in [0.15, 0.2) is 30.3 Å². The van der Waals surface area contributed by atoms with Gasteiger partial charge in [0.05, 0.1) is 17.4 Å². The van der Waals surface area contributed by atoms with Crippen molar-refractivity contribution in [3.8, 4) is 0 Å². The molecule has 0 radical (unpaired) electrons. The molecule has 0 amide bonds. The van der Waals surface area contributed by atoms with Crippen LogP contribution in [0.5, 0.6) is 0 Å². The van der Waals surface area contributed by atoms with Gasteiger partial charge in [0.1, 0.15) is 0 Å².